The Morgan fingerprint density at radius 1 is 1.20 bits per heavy atom. The molecule has 5 nitrogen and oxygen atoms in total. The van der Waals surface area contributed by atoms with Crippen LogP contribution in [0.4, 0.5) is 0 Å². The Hall–Kier alpha value is -1.99. The van der Waals surface area contributed by atoms with Gasteiger partial charge in [-0.2, -0.15) is 4.98 Å². The molecule has 0 amide bonds. The molecule has 0 unspecified atom stereocenters. The van der Waals surface area contributed by atoms with Crippen molar-refractivity contribution in [3.63, 3.8) is 0 Å². The first-order valence-electron chi connectivity index (χ1n) is 6.09. The predicted molar refractivity (Wildman–Crippen MR) is 80.5 cm³/mol. The zero-order valence-corrected chi connectivity index (χ0v) is 12.1. The Bertz CT molecular complexity index is 732. The molecule has 0 saturated carbocycles. The van der Waals surface area contributed by atoms with Gasteiger partial charge in [-0.05, 0) is 24.4 Å². The van der Waals surface area contributed by atoms with E-state index in [1.54, 1.807) is 17.5 Å². The number of aromatic amines is 2. The monoisotopic (exact) mass is 304 g/mol. The van der Waals surface area contributed by atoms with Crippen molar-refractivity contribution >= 4 is 23.6 Å². The highest BCUT2D eigenvalue weighted by atomic mass is 32.1. The molecule has 102 valence electrons. The quantitative estimate of drug-likeness (QED) is 0.710. The lowest BCUT2D eigenvalue weighted by Gasteiger charge is -2.03. The zero-order chi connectivity index (χ0) is 13.8. The van der Waals surface area contributed by atoms with E-state index in [9.17, 15) is 0 Å². The molecule has 2 aromatic heterocycles. The van der Waals surface area contributed by atoms with Crippen LogP contribution < -0.4 is 4.74 Å². The number of hydrogen-bond donors (Lipinski definition) is 2. The first-order valence-corrected chi connectivity index (χ1v) is 7.31. The van der Waals surface area contributed by atoms with Crippen LogP contribution in [0.3, 0.4) is 0 Å². The number of benzene rings is 1. The summed E-state index contributed by atoms with van der Waals surface area (Å²) < 4.78 is 6.10. The Kier molecular flexibility index (Phi) is 3.89. The summed E-state index contributed by atoms with van der Waals surface area (Å²) in [7, 11) is 0. The van der Waals surface area contributed by atoms with Gasteiger partial charge in [0.2, 0.25) is 4.77 Å². The topological polar surface area (TPSA) is 66.6 Å². The largest absolute Gasteiger partial charge is 0.493 e. The molecule has 2 N–H and O–H groups in total. The minimum atomic E-state index is 0.447. The molecule has 7 heteroatoms. The van der Waals surface area contributed by atoms with Crippen LogP contribution in [0.1, 0.15) is 5.01 Å². The summed E-state index contributed by atoms with van der Waals surface area (Å²) in [6.07, 6.45) is 2.56. The molecule has 20 heavy (non-hydrogen) atoms. The minimum Gasteiger partial charge on any atom is -0.493 e. The molecule has 0 aliphatic carbocycles. The van der Waals surface area contributed by atoms with Crippen molar-refractivity contribution in [1.82, 2.24) is 20.2 Å². The van der Waals surface area contributed by atoms with Gasteiger partial charge in [0.15, 0.2) is 5.82 Å². The summed E-state index contributed by atoms with van der Waals surface area (Å²) >= 11 is 6.51. The number of thiazole rings is 1. The molecule has 0 fully saturated rings. The number of rotatable bonds is 5. The highest BCUT2D eigenvalue weighted by molar-refractivity contribution is 7.71. The van der Waals surface area contributed by atoms with Gasteiger partial charge in [0.25, 0.3) is 0 Å². The first-order chi connectivity index (χ1) is 9.81. The van der Waals surface area contributed by atoms with Gasteiger partial charge in [0, 0.05) is 12.6 Å². The molecule has 0 aliphatic rings. The van der Waals surface area contributed by atoms with Gasteiger partial charge in [-0.15, -0.1) is 11.3 Å². The third-order valence-corrected chi connectivity index (χ3v) is 3.87. The van der Waals surface area contributed by atoms with E-state index < -0.39 is 0 Å². The van der Waals surface area contributed by atoms with Gasteiger partial charge in [-0.3, -0.25) is 10.2 Å². The van der Waals surface area contributed by atoms with Crippen molar-refractivity contribution in [2.75, 3.05) is 6.61 Å². The highest BCUT2D eigenvalue weighted by Crippen LogP contribution is 2.22. The number of nitrogens with zero attached hydrogens (tertiary/aromatic N) is 2. The Morgan fingerprint density at radius 3 is 2.80 bits per heavy atom. The van der Waals surface area contributed by atoms with Gasteiger partial charge in [-0.25, -0.2) is 4.98 Å². The summed E-state index contributed by atoms with van der Waals surface area (Å²) in [6.45, 7) is 0.605. The van der Waals surface area contributed by atoms with Crippen molar-refractivity contribution in [3.05, 3.63) is 46.3 Å². The lowest BCUT2D eigenvalue weighted by atomic mass is 10.3. The van der Waals surface area contributed by atoms with E-state index >= 15 is 0 Å². The molecule has 1 aromatic carbocycles. The zero-order valence-electron chi connectivity index (χ0n) is 10.5. The van der Waals surface area contributed by atoms with E-state index in [0.717, 1.165) is 27.9 Å². The molecule has 2 heterocycles. The SMILES string of the molecule is S=c1nc(-c2cnc(CCOc3ccccc3)s2)[nH][nH]1. The Morgan fingerprint density at radius 2 is 2.05 bits per heavy atom. The van der Waals surface area contributed by atoms with Gasteiger partial charge in [0.1, 0.15) is 5.75 Å². The van der Waals surface area contributed by atoms with Crippen LogP contribution in [0.25, 0.3) is 10.7 Å². The molecule has 3 aromatic rings. The van der Waals surface area contributed by atoms with Crippen molar-refractivity contribution in [2.24, 2.45) is 0 Å². The fourth-order valence-electron chi connectivity index (χ4n) is 1.70. The summed E-state index contributed by atoms with van der Waals surface area (Å²) in [5.41, 5.74) is 0. The molecule has 0 radical (unpaired) electrons. The van der Waals surface area contributed by atoms with Gasteiger partial charge < -0.3 is 4.74 Å². The fraction of sp³-hybridized carbons (Fsp3) is 0.154. The Labute approximate surface area is 124 Å². The van der Waals surface area contributed by atoms with Crippen molar-refractivity contribution in [3.8, 4) is 16.5 Å². The number of hydrogen-bond acceptors (Lipinski definition) is 5. The second-order valence-electron chi connectivity index (χ2n) is 4.05. The van der Waals surface area contributed by atoms with Crippen LogP contribution in [-0.2, 0) is 6.42 Å². The van der Waals surface area contributed by atoms with E-state index in [2.05, 4.69) is 20.2 Å². The standard InChI is InChI=1S/C13H12N4OS2/c19-13-15-12(16-17-13)10-8-14-11(20-10)6-7-18-9-4-2-1-3-5-9/h1-5,8H,6-7H2,(H2,15,16,17,19). The third kappa shape index (κ3) is 3.12. The molecule has 0 atom stereocenters. The van der Waals surface area contributed by atoms with Crippen molar-refractivity contribution < 1.29 is 4.74 Å². The second-order valence-corrected chi connectivity index (χ2v) is 5.55. The lowest BCUT2D eigenvalue weighted by Crippen LogP contribution is -2.00. The summed E-state index contributed by atoms with van der Waals surface area (Å²) in [6, 6.07) is 9.76. The molecule has 0 aliphatic heterocycles. The number of H-pyrrole nitrogens is 2. The number of nitrogens with one attached hydrogen (secondary N) is 2. The van der Waals surface area contributed by atoms with E-state index in [-0.39, 0.29) is 0 Å². The number of para-hydroxylation sites is 1. The normalized spacial score (nSPS) is 10.6. The van der Waals surface area contributed by atoms with Crippen LogP contribution in [0.5, 0.6) is 5.75 Å². The third-order valence-electron chi connectivity index (χ3n) is 2.62. The maximum Gasteiger partial charge on any atom is 0.213 e. The van der Waals surface area contributed by atoms with E-state index in [1.807, 2.05) is 30.3 Å². The smallest absolute Gasteiger partial charge is 0.213 e. The average molecular weight is 304 g/mol. The predicted octanol–water partition coefficient (Wildman–Crippen LogP) is 3.21. The molecule has 3 rings (SSSR count). The number of aromatic nitrogens is 4. The van der Waals surface area contributed by atoms with E-state index in [0.29, 0.717) is 11.4 Å². The van der Waals surface area contributed by atoms with Crippen LogP contribution in [0, 0.1) is 4.77 Å². The molecular weight excluding hydrogens is 292 g/mol. The van der Waals surface area contributed by atoms with Crippen molar-refractivity contribution in [1.29, 1.82) is 0 Å². The molecule has 0 spiro atoms. The first kappa shape index (κ1) is 13.0. The van der Waals surface area contributed by atoms with Crippen LogP contribution in [-0.4, -0.2) is 26.8 Å². The maximum atomic E-state index is 5.65. The van der Waals surface area contributed by atoms with E-state index in [4.69, 9.17) is 17.0 Å². The lowest BCUT2D eigenvalue weighted by molar-refractivity contribution is 0.322. The molecule has 0 bridgehead atoms. The number of ether oxygens (including phenoxy) is 1. The average Bonchev–Trinajstić information content (AvgIpc) is 3.09. The fourth-order valence-corrected chi connectivity index (χ4v) is 2.68. The van der Waals surface area contributed by atoms with Crippen LogP contribution in [0.15, 0.2) is 36.5 Å². The van der Waals surface area contributed by atoms with Crippen LogP contribution in [0.2, 0.25) is 0 Å². The van der Waals surface area contributed by atoms with Gasteiger partial charge in [0.05, 0.1) is 16.5 Å². The van der Waals surface area contributed by atoms with Gasteiger partial charge in [-0.1, -0.05) is 18.2 Å². The highest BCUT2D eigenvalue weighted by Gasteiger charge is 2.07. The van der Waals surface area contributed by atoms with E-state index in [1.165, 1.54) is 0 Å². The maximum absolute atomic E-state index is 5.65. The second kappa shape index (κ2) is 5.98. The van der Waals surface area contributed by atoms with Crippen LogP contribution >= 0.6 is 23.6 Å². The summed E-state index contributed by atoms with van der Waals surface area (Å²) in [5.74, 6) is 1.60. The van der Waals surface area contributed by atoms with Gasteiger partial charge >= 0.3 is 0 Å². The summed E-state index contributed by atoms with van der Waals surface area (Å²) in [5, 5.41) is 6.70. The minimum absolute atomic E-state index is 0.447. The van der Waals surface area contributed by atoms with Crippen molar-refractivity contribution in [2.45, 2.75) is 6.42 Å². The Balaban J connectivity index is 1.59. The summed E-state index contributed by atoms with van der Waals surface area (Å²) in [4.78, 5) is 9.49. The molecule has 0 saturated heterocycles. The molecular formula is C13H12N4OS2.